The second-order valence-corrected chi connectivity index (χ2v) is 3.23. The normalized spacial score (nSPS) is 11.5. The van der Waals surface area contributed by atoms with Crippen molar-refractivity contribution in [1.29, 1.82) is 0 Å². The maximum absolute atomic E-state index is 5.62. The Hall–Kier alpha value is -0.120. The summed E-state index contributed by atoms with van der Waals surface area (Å²) in [5.41, 5.74) is 11.2. The lowest BCUT2D eigenvalue weighted by Crippen LogP contribution is -2.49. The molecule has 0 atom stereocenters. The van der Waals surface area contributed by atoms with Crippen LogP contribution < -0.4 is 11.5 Å². The van der Waals surface area contributed by atoms with E-state index >= 15 is 0 Å². The van der Waals surface area contributed by atoms with Gasteiger partial charge in [-0.2, -0.15) is 0 Å². The highest BCUT2D eigenvalue weighted by molar-refractivity contribution is 4.59. The molecule has 0 saturated heterocycles. The second kappa shape index (κ2) is 7.53. The molecule has 3 heteroatoms. The molecule has 0 aliphatic heterocycles. The smallest absolute Gasteiger partial charge is 0.109 e. The average molecular weight is 173 g/mol. The quantitative estimate of drug-likeness (QED) is 0.567. The lowest BCUT2D eigenvalue weighted by Gasteiger charge is -2.25. The Bertz CT molecular complexity index is 85.8. The fourth-order valence-electron chi connectivity index (χ4n) is 1.13. The molecule has 12 heavy (non-hydrogen) atoms. The largest absolute Gasteiger partial charge is 0.304 e. The van der Waals surface area contributed by atoms with Gasteiger partial charge in [-0.3, -0.25) is 4.90 Å². The topological polar surface area (TPSA) is 55.3 Å². The summed E-state index contributed by atoms with van der Waals surface area (Å²) in [4.78, 5) is 2.15. The van der Waals surface area contributed by atoms with E-state index in [0.29, 0.717) is 0 Å². The Kier molecular flexibility index (Phi) is 7.45. The van der Waals surface area contributed by atoms with Crippen molar-refractivity contribution in [3.05, 3.63) is 0 Å². The summed E-state index contributed by atoms with van der Waals surface area (Å²) in [6, 6.07) is 0. The minimum atomic E-state index is -0.275. The summed E-state index contributed by atoms with van der Waals surface area (Å²) < 4.78 is 0. The Morgan fingerprint density at radius 1 is 1.00 bits per heavy atom. The number of nitrogens with zero attached hydrogens (tertiary/aromatic N) is 1. The number of nitrogens with two attached hydrogens (primary N) is 2. The van der Waals surface area contributed by atoms with Gasteiger partial charge < -0.3 is 11.5 Å². The Balaban J connectivity index is 3.55. The van der Waals surface area contributed by atoms with E-state index < -0.39 is 0 Å². The van der Waals surface area contributed by atoms with Gasteiger partial charge in [0.25, 0.3) is 0 Å². The van der Waals surface area contributed by atoms with Gasteiger partial charge in [0.2, 0.25) is 0 Å². The van der Waals surface area contributed by atoms with Crippen LogP contribution in [0.25, 0.3) is 0 Å². The minimum absolute atomic E-state index is 0.275. The molecule has 4 N–H and O–H groups in total. The van der Waals surface area contributed by atoms with E-state index in [1.165, 1.54) is 25.7 Å². The monoisotopic (exact) mass is 173 g/mol. The molecule has 0 aromatic carbocycles. The van der Waals surface area contributed by atoms with Crippen molar-refractivity contribution in [2.24, 2.45) is 11.5 Å². The van der Waals surface area contributed by atoms with Crippen molar-refractivity contribution in [1.82, 2.24) is 4.90 Å². The zero-order valence-electron chi connectivity index (χ0n) is 8.42. The highest BCUT2D eigenvalue weighted by atomic mass is 15.3. The third-order valence-corrected chi connectivity index (χ3v) is 2.02. The van der Waals surface area contributed by atoms with E-state index in [0.717, 1.165) is 13.1 Å². The number of rotatable bonds is 7. The maximum atomic E-state index is 5.62. The van der Waals surface area contributed by atoms with Gasteiger partial charge >= 0.3 is 0 Å². The fourth-order valence-corrected chi connectivity index (χ4v) is 1.13. The van der Waals surface area contributed by atoms with Gasteiger partial charge in [-0.1, -0.05) is 26.7 Å². The van der Waals surface area contributed by atoms with Crippen LogP contribution >= 0.6 is 0 Å². The average Bonchev–Trinajstić information content (AvgIpc) is 2.04. The molecule has 0 unspecified atom stereocenters. The number of unbranched alkanes of at least 4 members (excludes halogenated alkanes) is 2. The molecular formula is C9H23N3. The minimum Gasteiger partial charge on any atom is -0.304 e. The zero-order chi connectivity index (χ0) is 9.40. The first kappa shape index (κ1) is 11.9. The standard InChI is InChI=1S/C9H23N3/c1-3-5-7-12(9(10)11)8-6-4-2/h9H,3-8,10-11H2,1-2H3. The van der Waals surface area contributed by atoms with Gasteiger partial charge in [0.15, 0.2) is 0 Å². The molecule has 0 fully saturated rings. The summed E-state index contributed by atoms with van der Waals surface area (Å²) in [6.45, 7) is 6.43. The zero-order valence-corrected chi connectivity index (χ0v) is 8.42. The molecule has 0 aromatic heterocycles. The van der Waals surface area contributed by atoms with Gasteiger partial charge in [0, 0.05) is 13.1 Å². The van der Waals surface area contributed by atoms with Gasteiger partial charge in [-0.25, -0.2) is 0 Å². The third-order valence-electron chi connectivity index (χ3n) is 2.02. The first-order valence-electron chi connectivity index (χ1n) is 4.97. The summed E-state index contributed by atoms with van der Waals surface area (Å²) >= 11 is 0. The Morgan fingerprint density at radius 2 is 1.42 bits per heavy atom. The lowest BCUT2D eigenvalue weighted by atomic mass is 10.3. The van der Waals surface area contributed by atoms with E-state index in [2.05, 4.69) is 18.7 Å². The molecule has 0 radical (unpaired) electrons. The molecule has 0 saturated carbocycles. The van der Waals surface area contributed by atoms with Crippen molar-refractivity contribution in [3.8, 4) is 0 Å². The van der Waals surface area contributed by atoms with Gasteiger partial charge in [0.05, 0.1) is 0 Å². The van der Waals surface area contributed by atoms with E-state index in [1.54, 1.807) is 0 Å². The Morgan fingerprint density at radius 3 is 1.67 bits per heavy atom. The molecule has 0 amide bonds. The van der Waals surface area contributed by atoms with Gasteiger partial charge in [0.1, 0.15) is 6.29 Å². The SMILES string of the molecule is CCCCN(CCCC)C(N)N. The van der Waals surface area contributed by atoms with Crippen molar-refractivity contribution in [2.75, 3.05) is 13.1 Å². The van der Waals surface area contributed by atoms with Gasteiger partial charge in [-0.15, -0.1) is 0 Å². The second-order valence-electron chi connectivity index (χ2n) is 3.23. The maximum Gasteiger partial charge on any atom is 0.109 e. The highest BCUT2D eigenvalue weighted by Crippen LogP contribution is 1.98. The van der Waals surface area contributed by atoms with E-state index in [1.807, 2.05) is 0 Å². The molecule has 3 nitrogen and oxygen atoms in total. The van der Waals surface area contributed by atoms with E-state index in [-0.39, 0.29) is 6.29 Å². The molecule has 0 aromatic rings. The van der Waals surface area contributed by atoms with Gasteiger partial charge in [-0.05, 0) is 12.8 Å². The molecule has 0 aliphatic rings. The van der Waals surface area contributed by atoms with Crippen LogP contribution in [0.1, 0.15) is 39.5 Å². The van der Waals surface area contributed by atoms with Crippen LogP contribution in [0, 0.1) is 0 Å². The third kappa shape index (κ3) is 5.52. The van der Waals surface area contributed by atoms with Crippen LogP contribution in [-0.2, 0) is 0 Å². The first-order valence-corrected chi connectivity index (χ1v) is 4.97. The molecule has 74 valence electrons. The van der Waals surface area contributed by atoms with Crippen molar-refractivity contribution in [2.45, 2.75) is 45.8 Å². The first-order chi connectivity index (χ1) is 5.72. The van der Waals surface area contributed by atoms with Crippen LogP contribution in [0.4, 0.5) is 0 Å². The van der Waals surface area contributed by atoms with Crippen LogP contribution in [0.15, 0.2) is 0 Å². The molecule has 0 spiro atoms. The molecule has 0 bridgehead atoms. The van der Waals surface area contributed by atoms with Crippen LogP contribution in [0.5, 0.6) is 0 Å². The molecular weight excluding hydrogens is 150 g/mol. The summed E-state index contributed by atoms with van der Waals surface area (Å²) in [7, 11) is 0. The van der Waals surface area contributed by atoms with Crippen LogP contribution in [0.3, 0.4) is 0 Å². The predicted octanol–water partition coefficient (Wildman–Crippen LogP) is 1.09. The number of hydrogen-bond donors (Lipinski definition) is 2. The Labute approximate surface area is 76.1 Å². The predicted molar refractivity (Wildman–Crippen MR) is 53.6 cm³/mol. The summed E-state index contributed by atoms with van der Waals surface area (Å²) in [5.74, 6) is 0. The van der Waals surface area contributed by atoms with E-state index in [4.69, 9.17) is 11.5 Å². The summed E-state index contributed by atoms with van der Waals surface area (Å²) in [6.07, 6.45) is 4.51. The number of hydrogen-bond acceptors (Lipinski definition) is 3. The van der Waals surface area contributed by atoms with Crippen LogP contribution in [0.2, 0.25) is 0 Å². The van der Waals surface area contributed by atoms with Crippen molar-refractivity contribution in [3.63, 3.8) is 0 Å². The fraction of sp³-hybridized carbons (Fsp3) is 1.00. The summed E-state index contributed by atoms with van der Waals surface area (Å²) in [5, 5.41) is 0. The van der Waals surface area contributed by atoms with E-state index in [9.17, 15) is 0 Å². The molecule has 0 rings (SSSR count). The molecule has 0 heterocycles. The van der Waals surface area contributed by atoms with Crippen molar-refractivity contribution >= 4 is 0 Å². The van der Waals surface area contributed by atoms with Crippen LogP contribution in [-0.4, -0.2) is 24.3 Å². The molecule has 0 aliphatic carbocycles. The lowest BCUT2D eigenvalue weighted by molar-refractivity contribution is 0.198. The highest BCUT2D eigenvalue weighted by Gasteiger charge is 2.07. The van der Waals surface area contributed by atoms with Crippen molar-refractivity contribution < 1.29 is 0 Å².